The summed E-state index contributed by atoms with van der Waals surface area (Å²) in [4.78, 5) is 24.4. The normalized spacial score (nSPS) is 26.9. The summed E-state index contributed by atoms with van der Waals surface area (Å²) in [6.07, 6.45) is 11.5. The van der Waals surface area contributed by atoms with Crippen molar-refractivity contribution in [2.75, 3.05) is 0 Å². The molecule has 2 aliphatic carbocycles. The molecule has 0 amide bonds. The van der Waals surface area contributed by atoms with Gasteiger partial charge in [0, 0.05) is 10.5 Å². The number of azide groups is 1. The Labute approximate surface area is 172 Å². The van der Waals surface area contributed by atoms with Crippen LogP contribution in [0, 0.1) is 16.7 Å². The molecule has 2 rings (SSSR count). The summed E-state index contributed by atoms with van der Waals surface area (Å²) in [5, 5.41) is 21.2. The predicted molar refractivity (Wildman–Crippen MR) is 113 cm³/mol. The molecule has 0 aliphatic heterocycles. The molecule has 7 nitrogen and oxygen atoms in total. The summed E-state index contributed by atoms with van der Waals surface area (Å²) in [6.45, 7) is 13.1. The molecule has 1 saturated carbocycles. The fourth-order valence-corrected chi connectivity index (χ4v) is 4.75. The standard InChI is InChI=1S/C13H24.C9H9N3O4/c1-6-7-11-8-12(2,3)10-13(4,5)9-11;1-9(11-12-10)5(7(13)14)3-2-4-6(9)8(15)16/h7H,6,8-10H2,1-5H3;2-5H,1H3,(H,13,14)(H,15,16). The van der Waals surface area contributed by atoms with E-state index in [1.54, 1.807) is 5.57 Å². The van der Waals surface area contributed by atoms with Crippen LogP contribution < -0.4 is 0 Å². The molecule has 2 atom stereocenters. The van der Waals surface area contributed by atoms with Crippen LogP contribution in [-0.2, 0) is 9.59 Å². The average molecular weight is 404 g/mol. The van der Waals surface area contributed by atoms with Crippen molar-refractivity contribution in [1.29, 1.82) is 0 Å². The Morgan fingerprint density at radius 2 is 1.76 bits per heavy atom. The highest BCUT2D eigenvalue weighted by molar-refractivity contribution is 5.92. The van der Waals surface area contributed by atoms with Crippen molar-refractivity contribution in [2.45, 2.75) is 72.8 Å². The molecule has 29 heavy (non-hydrogen) atoms. The van der Waals surface area contributed by atoms with Crippen LogP contribution in [-0.4, -0.2) is 27.7 Å². The van der Waals surface area contributed by atoms with Crippen molar-refractivity contribution in [3.63, 3.8) is 0 Å². The summed E-state index contributed by atoms with van der Waals surface area (Å²) in [7, 11) is 0. The maximum Gasteiger partial charge on any atom is 0.332 e. The van der Waals surface area contributed by atoms with Crippen LogP contribution in [0.25, 0.3) is 10.4 Å². The number of carboxylic acid groups (broad SMARTS) is 2. The van der Waals surface area contributed by atoms with Crippen LogP contribution in [0.2, 0.25) is 0 Å². The van der Waals surface area contributed by atoms with Crippen molar-refractivity contribution in [3.8, 4) is 0 Å². The largest absolute Gasteiger partial charge is 0.481 e. The molecule has 0 bridgehead atoms. The highest BCUT2D eigenvalue weighted by atomic mass is 16.4. The summed E-state index contributed by atoms with van der Waals surface area (Å²) < 4.78 is 0. The molecule has 0 aromatic carbocycles. The maximum absolute atomic E-state index is 11.0. The van der Waals surface area contributed by atoms with Gasteiger partial charge in [-0.25, -0.2) is 4.79 Å². The van der Waals surface area contributed by atoms with Gasteiger partial charge in [0.25, 0.3) is 0 Å². The lowest BCUT2D eigenvalue weighted by molar-refractivity contribution is -0.142. The molecule has 0 saturated heterocycles. The fourth-order valence-electron chi connectivity index (χ4n) is 4.75. The van der Waals surface area contributed by atoms with Gasteiger partial charge in [-0.05, 0) is 49.0 Å². The second kappa shape index (κ2) is 9.31. The van der Waals surface area contributed by atoms with Crippen LogP contribution in [0.15, 0.2) is 40.6 Å². The quantitative estimate of drug-likeness (QED) is 0.262. The van der Waals surface area contributed by atoms with E-state index in [0.717, 1.165) is 0 Å². The van der Waals surface area contributed by atoms with Gasteiger partial charge in [-0.1, -0.05) is 69.6 Å². The number of carboxylic acids is 2. The highest BCUT2D eigenvalue weighted by Gasteiger charge is 2.44. The van der Waals surface area contributed by atoms with Crippen molar-refractivity contribution in [2.24, 2.45) is 21.9 Å². The van der Waals surface area contributed by atoms with E-state index in [1.165, 1.54) is 50.8 Å². The molecule has 2 unspecified atom stereocenters. The van der Waals surface area contributed by atoms with E-state index in [9.17, 15) is 9.59 Å². The third-order valence-electron chi connectivity index (χ3n) is 5.33. The van der Waals surface area contributed by atoms with E-state index in [4.69, 9.17) is 15.7 Å². The molecule has 0 spiro atoms. The lowest BCUT2D eigenvalue weighted by atomic mass is 9.63. The molecule has 2 aliphatic rings. The lowest BCUT2D eigenvalue weighted by Crippen LogP contribution is -2.42. The van der Waals surface area contributed by atoms with E-state index < -0.39 is 23.4 Å². The maximum atomic E-state index is 11.0. The molecule has 0 radical (unpaired) electrons. The van der Waals surface area contributed by atoms with E-state index in [1.807, 2.05) is 0 Å². The zero-order valence-electron chi connectivity index (χ0n) is 18.3. The van der Waals surface area contributed by atoms with E-state index in [-0.39, 0.29) is 5.57 Å². The monoisotopic (exact) mass is 403 g/mol. The molecule has 0 aromatic rings. The lowest BCUT2D eigenvalue weighted by Gasteiger charge is -2.42. The number of hydrogen-bond acceptors (Lipinski definition) is 3. The summed E-state index contributed by atoms with van der Waals surface area (Å²) >= 11 is 0. The third-order valence-corrected chi connectivity index (χ3v) is 5.33. The Bertz CT molecular complexity index is 768. The van der Waals surface area contributed by atoms with Gasteiger partial charge in [0.15, 0.2) is 0 Å². The van der Waals surface area contributed by atoms with Gasteiger partial charge in [0.2, 0.25) is 0 Å². The number of aliphatic carboxylic acids is 2. The minimum absolute atomic E-state index is 0.236. The zero-order valence-corrected chi connectivity index (χ0v) is 18.3. The van der Waals surface area contributed by atoms with Crippen LogP contribution in [0.5, 0.6) is 0 Å². The number of rotatable bonds is 4. The first-order chi connectivity index (χ1) is 13.3. The Hall–Kier alpha value is -2.53. The van der Waals surface area contributed by atoms with Crippen LogP contribution in [0.4, 0.5) is 0 Å². The number of hydrogen-bond donors (Lipinski definition) is 2. The van der Waals surface area contributed by atoms with Crippen LogP contribution in [0.3, 0.4) is 0 Å². The number of carbonyl (C=O) groups is 2. The van der Waals surface area contributed by atoms with E-state index in [2.05, 4.69) is 50.7 Å². The van der Waals surface area contributed by atoms with Crippen LogP contribution in [0.1, 0.15) is 67.2 Å². The molecule has 0 heterocycles. The molecule has 160 valence electrons. The van der Waals surface area contributed by atoms with Gasteiger partial charge < -0.3 is 10.2 Å². The zero-order chi connectivity index (χ0) is 22.5. The van der Waals surface area contributed by atoms with Crippen molar-refractivity contribution in [1.82, 2.24) is 0 Å². The number of allylic oxidation sites excluding steroid dienone is 4. The van der Waals surface area contributed by atoms with Crippen molar-refractivity contribution >= 4 is 11.9 Å². The first kappa shape index (κ1) is 24.5. The molecule has 7 heteroatoms. The van der Waals surface area contributed by atoms with Gasteiger partial charge in [-0.3, -0.25) is 4.79 Å². The minimum Gasteiger partial charge on any atom is -0.481 e. The van der Waals surface area contributed by atoms with Gasteiger partial charge in [-0.15, -0.1) is 0 Å². The first-order valence-electron chi connectivity index (χ1n) is 9.87. The van der Waals surface area contributed by atoms with Crippen molar-refractivity contribution < 1.29 is 19.8 Å². The first-order valence-corrected chi connectivity index (χ1v) is 9.87. The Kier molecular flexibility index (Phi) is 7.87. The summed E-state index contributed by atoms with van der Waals surface area (Å²) in [5.74, 6) is -3.72. The average Bonchev–Trinajstić information content (AvgIpc) is 2.52. The number of nitrogens with zero attached hydrogens (tertiary/aromatic N) is 3. The van der Waals surface area contributed by atoms with Gasteiger partial charge in [0.05, 0.1) is 11.5 Å². The molecule has 0 aromatic heterocycles. The Morgan fingerprint density at radius 1 is 1.21 bits per heavy atom. The van der Waals surface area contributed by atoms with Gasteiger partial charge >= 0.3 is 11.9 Å². The topological polar surface area (TPSA) is 123 Å². The van der Waals surface area contributed by atoms with E-state index in [0.29, 0.717) is 10.8 Å². The van der Waals surface area contributed by atoms with Gasteiger partial charge in [-0.2, -0.15) is 0 Å². The summed E-state index contributed by atoms with van der Waals surface area (Å²) in [5.41, 5.74) is 9.28. The third kappa shape index (κ3) is 6.50. The summed E-state index contributed by atoms with van der Waals surface area (Å²) in [6, 6.07) is 0. The minimum atomic E-state index is -1.61. The second-order valence-corrected chi connectivity index (χ2v) is 9.55. The van der Waals surface area contributed by atoms with Crippen molar-refractivity contribution in [3.05, 3.63) is 45.9 Å². The smallest absolute Gasteiger partial charge is 0.332 e. The van der Waals surface area contributed by atoms with Crippen LogP contribution >= 0.6 is 0 Å². The van der Waals surface area contributed by atoms with Gasteiger partial charge in [0.1, 0.15) is 0 Å². The molecular weight excluding hydrogens is 370 g/mol. The Morgan fingerprint density at radius 3 is 2.17 bits per heavy atom. The fraction of sp³-hybridized carbons (Fsp3) is 0.636. The molecular formula is C22H33N3O4. The molecule has 1 fully saturated rings. The molecule has 2 N–H and O–H groups in total. The Balaban J connectivity index is 0.000000296. The SMILES string of the molecule is CC1(N=[N+]=[N-])C(C(=O)O)=CC=CC1C(=O)O.CCC=C1CC(C)(C)CC(C)(C)C1. The second-order valence-electron chi connectivity index (χ2n) is 9.55. The van der Waals surface area contributed by atoms with E-state index >= 15 is 0 Å². The highest BCUT2D eigenvalue weighted by Crippen LogP contribution is 2.48. The predicted octanol–water partition coefficient (Wildman–Crippen LogP) is 5.90.